The van der Waals surface area contributed by atoms with Crippen molar-refractivity contribution < 1.29 is 9.53 Å². The lowest BCUT2D eigenvalue weighted by molar-refractivity contribution is 0.0170. The smallest absolute Gasteiger partial charge is 0.410 e. The Morgan fingerprint density at radius 1 is 1.20 bits per heavy atom. The summed E-state index contributed by atoms with van der Waals surface area (Å²) < 4.78 is 5.57. The number of anilines is 2. The lowest BCUT2D eigenvalue weighted by Gasteiger charge is -2.36. The van der Waals surface area contributed by atoms with Crippen molar-refractivity contribution in [2.24, 2.45) is 5.92 Å². The lowest BCUT2D eigenvalue weighted by Crippen LogP contribution is -2.45. The summed E-state index contributed by atoms with van der Waals surface area (Å²) in [4.78, 5) is 26.3. The fourth-order valence-electron chi connectivity index (χ4n) is 3.95. The zero-order chi connectivity index (χ0) is 21.3. The predicted octanol–water partition coefficient (Wildman–Crippen LogP) is 4.29. The van der Waals surface area contributed by atoms with Gasteiger partial charge in [0.1, 0.15) is 5.60 Å². The Kier molecular flexibility index (Phi) is 5.71. The number of para-hydroxylation sites is 2. The Morgan fingerprint density at radius 3 is 2.57 bits per heavy atom. The molecule has 1 aromatic heterocycles. The average molecular weight is 412 g/mol. The maximum atomic E-state index is 12.5. The highest BCUT2D eigenvalue weighted by Crippen LogP contribution is 2.31. The Balaban J connectivity index is 1.48. The minimum absolute atomic E-state index is 0.212. The molecule has 1 N–H and O–H groups in total. The molecule has 2 aliphatic rings. The number of aromatic nitrogens is 2. The molecular weight excluding hydrogens is 378 g/mol. The number of nitrogens with one attached hydrogen (secondary N) is 1. The molecule has 7 heteroatoms. The second-order valence-electron chi connectivity index (χ2n) is 9.62. The SMILES string of the molecule is CN(CC1CCCN(C(=O)OC(C)(C)C)C1)c1nc2ccccc2nc1NC1CC1. The third kappa shape index (κ3) is 5.12. The van der Waals surface area contributed by atoms with Gasteiger partial charge in [-0.2, -0.15) is 0 Å². The number of amides is 1. The van der Waals surface area contributed by atoms with Crippen LogP contribution in [0.25, 0.3) is 11.0 Å². The third-order valence-corrected chi connectivity index (χ3v) is 5.53. The summed E-state index contributed by atoms with van der Waals surface area (Å²) in [6.45, 7) is 8.03. The van der Waals surface area contributed by atoms with Gasteiger partial charge in [0.05, 0.1) is 11.0 Å². The first-order chi connectivity index (χ1) is 14.3. The minimum Gasteiger partial charge on any atom is -0.444 e. The normalized spacial score (nSPS) is 19.6. The van der Waals surface area contributed by atoms with Crippen molar-refractivity contribution in [2.75, 3.05) is 36.9 Å². The summed E-state index contributed by atoms with van der Waals surface area (Å²) in [7, 11) is 2.07. The Bertz CT molecular complexity index is 906. The first-order valence-corrected chi connectivity index (χ1v) is 11.0. The molecule has 4 rings (SSSR count). The average Bonchev–Trinajstić information content (AvgIpc) is 3.50. The number of piperidine rings is 1. The van der Waals surface area contributed by atoms with Crippen molar-refractivity contribution in [3.05, 3.63) is 24.3 Å². The van der Waals surface area contributed by atoms with E-state index in [2.05, 4.69) is 17.3 Å². The molecule has 1 atom stereocenters. The number of rotatable bonds is 5. The van der Waals surface area contributed by atoms with E-state index in [1.807, 2.05) is 49.9 Å². The van der Waals surface area contributed by atoms with Crippen LogP contribution in [0.1, 0.15) is 46.5 Å². The molecule has 2 fully saturated rings. The van der Waals surface area contributed by atoms with E-state index < -0.39 is 5.60 Å². The van der Waals surface area contributed by atoms with Gasteiger partial charge in [0.25, 0.3) is 0 Å². The van der Waals surface area contributed by atoms with E-state index in [9.17, 15) is 4.79 Å². The van der Waals surface area contributed by atoms with Crippen LogP contribution in [0.15, 0.2) is 24.3 Å². The maximum Gasteiger partial charge on any atom is 0.410 e. The zero-order valence-electron chi connectivity index (χ0n) is 18.5. The van der Waals surface area contributed by atoms with Crippen molar-refractivity contribution in [3.63, 3.8) is 0 Å². The first kappa shape index (κ1) is 20.7. The van der Waals surface area contributed by atoms with Crippen LogP contribution in [0, 0.1) is 5.92 Å². The molecule has 30 heavy (non-hydrogen) atoms. The maximum absolute atomic E-state index is 12.5. The largest absolute Gasteiger partial charge is 0.444 e. The van der Waals surface area contributed by atoms with Crippen LogP contribution < -0.4 is 10.2 Å². The fraction of sp³-hybridized carbons (Fsp3) is 0.609. The van der Waals surface area contributed by atoms with Crippen LogP contribution >= 0.6 is 0 Å². The van der Waals surface area contributed by atoms with Gasteiger partial charge >= 0.3 is 6.09 Å². The molecular formula is C23H33N5O2. The number of likely N-dealkylation sites (tertiary alicyclic amines) is 1. The molecule has 1 aromatic carbocycles. The molecule has 0 radical (unpaired) electrons. The Morgan fingerprint density at radius 2 is 1.90 bits per heavy atom. The number of carbonyl (C=O) groups excluding carboxylic acids is 1. The molecule has 0 spiro atoms. The zero-order valence-corrected chi connectivity index (χ0v) is 18.5. The Labute approximate surface area is 178 Å². The van der Waals surface area contributed by atoms with E-state index in [0.717, 1.165) is 48.6 Å². The van der Waals surface area contributed by atoms with Crippen LogP contribution in [-0.4, -0.2) is 59.3 Å². The molecule has 1 aliphatic heterocycles. The van der Waals surface area contributed by atoms with Gasteiger partial charge in [-0.3, -0.25) is 0 Å². The number of fused-ring (bicyclic) bond motifs is 1. The highest BCUT2D eigenvalue weighted by molar-refractivity contribution is 5.80. The quantitative estimate of drug-likeness (QED) is 0.792. The van der Waals surface area contributed by atoms with Gasteiger partial charge < -0.3 is 19.9 Å². The van der Waals surface area contributed by atoms with Crippen LogP contribution in [0.3, 0.4) is 0 Å². The van der Waals surface area contributed by atoms with Crippen molar-refractivity contribution in [1.82, 2.24) is 14.9 Å². The molecule has 1 unspecified atom stereocenters. The van der Waals surface area contributed by atoms with E-state index in [-0.39, 0.29) is 6.09 Å². The standard InChI is InChI=1S/C23H33N5O2/c1-23(2,3)30-22(29)28-13-7-8-16(15-28)14-27(4)21-20(24-17-11-12-17)25-18-9-5-6-10-19(18)26-21/h5-6,9-10,16-17H,7-8,11-15H2,1-4H3,(H,24,25). The second kappa shape index (κ2) is 8.28. The highest BCUT2D eigenvalue weighted by Gasteiger charge is 2.29. The number of benzene rings is 1. The summed E-state index contributed by atoms with van der Waals surface area (Å²) >= 11 is 0. The minimum atomic E-state index is -0.467. The highest BCUT2D eigenvalue weighted by atomic mass is 16.6. The number of ether oxygens (including phenoxy) is 1. The van der Waals surface area contributed by atoms with Gasteiger partial charge in [-0.25, -0.2) is 14.8 Å². The van der Waals surface area contributed by atoms with Gasteiger partial charge in [-0.05, 0) is 64.5 Å². The van der Waals surface area contributed by atoms with Crippen LogP contribution in [0.2, 0.25) is 0 Å². The van der Waals surface area contributed by atoms with E-state index in [4.69, 9.17) is 14.7 Å². The molecule has 2 heterocycles. The lowest BCUT2D eigenvalue weighted by atomic mass is 9.98. The molecule has 0 bridgehead atoms. The molecule has 1 amide bonds. The first-order valence-electron chi connectivity index (χ1n) is 11.0. The molecule has 2 aromatic rings. The van der Waals surface area contributed by atoms with Gasteiger partial charge in [0, 0.05) is 32.7 Å². The Hall–Kier alpha value is -2.57. The summed E-state index contributed by atoms with van der Waals surface area (Å²) in [6.07, 6.45) is 4.25. The van der Waals surface area contributed by atoms with Crippen molar-refractivity contribution in [1.29, 1.82) is 0 Å². The molecule has 1 saturated carbocycles. The van der Waals surface area contributed by atoms with E-state index in [1.165, 1.54) is 12.8 Å². The third-order valence-electron chi connectivity index (χ3n) is 5.53. The fourth-order valence-corrected chi connectivity index (χ4v) is 3.95. The van der Waals surface area contributed by atoms with Crippen LogP contribution in [-0.2, 0) is 4.74 Å². The van der Waals surface area contributed by atoms with E-state index >= 15 is 0 Å². The summed E-state index contributed by atoms with van der Waals surface area (Å²) in [5.41, 5.74) is 1.34. The van der Waals surface area contributed by atoms with E-state index in [0.29, 0.717) is 18.5 Å². The number of nitrogens with zero attached hydrogens (tertiary/aromatic N) is 4. The number of carbonyl (C=O) groups is 1. The van der Waals surface area contributed by atoms with Gasteiger partial charge in [0.15, 0.2) is 11.6 Å². The van der Waals surface area contributed by atoms with Crippen molar-refractivity contribution >= 4 is 28.8 Å². The number of hydrogen-bond donors (Lipinski definition) is 1. The number of hydrogen-bond acceptors (Lipinski definition) is 6. The van der Waals surface area contributed by atoms with Crippen molar-refractivity contribution in [3.8, 4) is 0 Å². The van der Waals surface area contributed by atoms with Crippen molar-refractivity contribution in [2.45, 2.75) is 58.1 Å². The summed E-state index contributed by atoms with van der Waals surface area (Å²) in [5, 5.41) is 3.55. The molecule has 7 nitrogen and oxygen atoms in total. The van der Waals surface area contributed by atoms with Crippen LogP contribution in [0.4, 0.5) is 16.4 Å². The van der Waals surface area contributed by atoms with Gasteiger partial charge in [0.2, 0.25) is 0 Å². The molecule has 1 saturated heterocycles. The monoisotopic (exact) mass is 411 g/mol. The van der Waals surface area contributed by atoms with Crippen LogP contribution in [0.5, 0.6) is 0 Å². The molecule has 162 valence electrons. The predicted molar refractivity (Wildman–Crippen MR) is 120 cm³/mol. The van der Waals surface area contributed by atoms with E-state index in [1.54, 1.807) is 0 Å². The summed E-state index contributed by atoms with van der Waals surface area (Å²) in [5.74, 6) is 2.12. The summed E-state index contributed by atoms with van der Waals surface area (Å²) in [6, 6.07) is 8.50. The van der Waals surface area contributed by atoms with Gasteiger partial charge in [-0.15, -0.1) is 0 Å². The van der Waals surface area contributed by atoms with Gasteiger partial charge in [-0.1, -0.05) is 12.1 Å². The second-order valence-corrected chi connectivity index (χ2v) is 9.62. The molecule has 1 aliphatic carbocycles. The topological polar surface area (TPSA) is 70.6 Å².